The van der Waals surface area contributed by atoms with Crippen LogP contribution >= 0.6 is 24.0 Å². The van der Waals surface area contributed by atoms with Gasteiger partial charge >= 0.3 is 0 Å². The van der Waals surface area contributed by atoms with Crippen LogP contribution in [0, 0.1) is 0 Å². The SMILES string of the molecule is CCNC(=NCc1ccc(OC)c(OCC)c1)NC1CCN(c2ccccn2)CC1.I. The Morgan fingerprint density at radius 2 is 1.97 bits per heavy atom. The Balaban J connectivity index is 0.00000341. The third-order valence-electron chi connectivity index (χ3n) is 5.10. The zero-order valence-corrected chi connectivity index (χ0v) is 21.0. The molecule has 1 aliphatic rings. The number of guanidine groups is 1. The second-order valence-electron chi connectivity index (χ2n) is 7.21. The van der Waals surface area contributed by atoms with E-state index >= 15 is 0 Å². The number of ether oxygens (including phenoxy) is 2. The summed E-state index contributed by atoms with van der Waals surface area (Å²) >= 11 is 0. The van der Waals surface area contributed by atoms with Crippen molar-refractivity contribution in [3.05, 3.63) is 48.2 Å². The number of piperidine rings is 1. The number of hydrogen-bond acceptors (Lipinski definition) is 5. The van der Waals surface area contributed by atoms with Crippen molar-refractivity contribution in [2.45, 2.75) is 39.3 Å². The summed E-state index contributed by atoms with van der Waals surface area (Å²) in [5.74, 6) is 3.41. The fraction of sp³-hybridized carbons (Fsp3) is 0.478. The molecule has 2 N–H and O–H groups in total. The average Bonchev–Trinajstić information content (AvgIpc) is 2.79. The first-order valence-electron chi connectivity index (χ1n) is 10.7. The highest BCUT2D eigenvalue weighted by atomic mass is 127. The van der Waals surface area contributed by atoms with Gasteiger partial charge in [-0.3, -0.25) is 0 Å². The van der Waals surface area contributed by atoms with Gasteiger partial charge in [-0.25, -0.2) is 9.98 Å². The van der Waals surface area contributed by atoms with Crippen LogP contribution in [0.3, 0.4) is 0 Å². The second-order valence-corrected chi connectivity index (χ2v) is 7.21. The van der Waals surface area contributed by atoms with E-state index in [9.17, 15) is 0 Å². The summed E-state index contributed by atoms with van der Waals surface area (Å²) in [7, 11) is 1.65. The second kappa shape index (κ2) is 13.2. The van der Waals surface area contributed by atoms with Crippen LogP contribution in [0.4, 0.5) is 5.82 Å². The number of aromatic nitrogens is 1. The van der Waals surface area contributed by atoms with Crippen molar-refractivity contribution in [3.63, 3.8) is 0 Å². The number of hydrogen-bond donors (Lipinski definition) is 2. The number of pyridine rings is 1. The lowest BCUT2D eigenvalue weighted by molar-refractivity contribution is 0.310. The van der Waals surface area contributed by atoms with Crippen LogP contribution in [0.5, 0.6) is 11.5 Å². The highest BCUT2D eigenvalue weighted by molar-refractivity contribution is 14.0. The number of aliphatic imine (C=N–C) groups is 1. The van der Waals surface area contributed by atoms with Crippen molar-refractivity contribution in [2.24, 2.45) is 4.99 Å². The lowest BCUT2D eigenvalue weighted by Crippen LogP contribution is -2.48. The summed E-state index contributed by atoms with van der Waals surface area (Å²) in [5, 5.41) is 6.96. The number of nitrogens with zero attached hydrogens (tertiary/aromatic N) is 3. The molecule has 0 atom stereocenters. The van der Waals surface area contributed by atoms with E-state index < -0.39 is 0 Å². The van der Waals surface area contributed by atoms with Gasteiger partial charge in [-0.15, -0.1) is 24.0 Å². The van der Waals surface area contributed by atoms with Crippen LogP contribution in [0.15, 0.2) is 47.6 Å². The molecular formula is C23H34IN5O2. The maximum Gasteiger partial charge on any atom is 0.191 e. The van der Waals surface area contributed by atoms with Gasteiger partial charge in [-0.2, -0.15) is 0 Å². The topological polar surface area (TPSA) is 71.0 Å². The minimum absolute atomic E-state index is 0. The molecule has 1 aliphatic heterocycles. The van der Waals surface area contributed by atoms with Gasteiger partial charge < -0.3 is 25.0 Å². The van der Waals surface area contributed by atoms with E-state index in [4.69, 9.17) is 14.5 Å². The highest BCUT2D eigenvalue weighted by Crippen LogP contribution is 2.28. The lowest BCUT2D eigenvalue weighted by Gasteiger charge is -2.33. The van der Waals surface area contributed by atoms with E-state index in [1.807, 2.05) is 43.5 Å². The molecule has 0 amide bonds. The highest BCUT2D eigenvalue weighted by Gasteiger charge is 2.20. The molecular weight excluding hydrogens is 505 g/mol. The molecule has 1 aromatic carbocycles. The molecule has 2 heterocycles. The van der Waals surface area contributed by atoms with E-state index in [1.165, 1.54) is 0 Å². The molecule has 3 rings (SSSR count). The van der Waals surface area contributed by atoms with Gasteiger partial charge in [0.05, 0.1) is 20.3 Å². The zero-order chi connectivity index (χ0) is 21.2. The van der Waals surface area contributed by atoms with Gasteiger partial charge in [0, 0.05) is 31.9 Å². The third-order valence-corrected chi connectivity index (χ3v) is 5.10. The van der Waals surface area contributed by atoms with E-state index in [0.29, 0.717) is 19.2 Å². The monoisotopic (exact) mass is 539 g/mol. The first-order valence-corrected chi connectivity index (χ1v) is 10.7. The van der Waals surface area contributed by atoms with Gasteiger partial charge in [0.15, 0.2) is 17.5 Å². The molecule has 1 fully saturated rings. The first kappa shape index (κ1) is 25.0. The maximum atomic E-state index is 5.68. The minimum atomic E-state index is 0. The molecule has 2 aromatic rings. The Morgan fingerprint density at radius 1 is 1.16 bits per heavy atom. The van der Waals surface area contributed by atoms with E-state index in [0.717, 1.165) is 61.3 Å². The van der Waals surface area contributed by atoms with E-state index in [2.05, 4.69) is 33.5 Å². The number of benzene rings is 1. The summed E-state index contributed by atoms with van der Waals surface area (Å²) in [6.45, 7) is 8.04. The molecule has 31 heavy (non-hydrogen) atoms. The third kappa shape index (κ3) is 7.45. The molecule has 0 saturated carbocycles. The number of nitrogens with one attached hydrogen (secondary N) is 2. The molecule has 1 saturated heterocycles. The summed E-state index contributed by atoms with van der Waals surface area (Å²) in [6.07, 6.45) is 3.96. The van der Waals surface area contributed by atoms with Crippen molar-refractivity contribution in [2.75, 3.05) is 38.3 Å². The molecule has 7 nitrogen and oxygen atoms in total. The van der Waals surface area contributed by atoms with Crippen molar-refractivity contribution >= 4 is 35.8 Å². The predicted molar refractivity (Wildman–Crippen MR) is 137 cm³/mol. The van der Waals surface area contributed by atoms with Crippen molar-refractivity contribution in [3.8, 4) is 11.5 Å². The molecule has 0 aliphatic carbocycles. The summed E-state index contributed by atoms with van der Waals surface area (Å²) < 4.78 is 11.0. The van der Waals surface area contributed by atoms with E-state index in [1.54, 1.807) is 7.11 Å². The minimum Gasteiger partial charge on any atom is -0.493 e. The standard InChI is InChI=1S/C23H33N5O2.HI/c1-4-24-23(26-17-18-9-10-20(29-3)21(16-18)30-5-2)27-19-11-14-28(15-12-19)22-8-6-7-13-25-22;/h6-10,13,16,19H,4-5,11-12,14-15,17H2,1-3H3,(H2,24,26,27);1H. The van der Waals surface area contributed by atoms with Gasteiger partial charge in [-0.05, 0) is 56.5 Å². The van der Waals surface area contributed by atoms with Crippen LogP contribution in [0.25, 0.3) is 0 Å². The Hall–Kier alpha value is -2.23. The number of anilines is 1. The fourth-order valence-corrected chi connectivity index (χ4v) is 3.57. The molecule has 8 heteroatoms. The summed E-state index contributed by atoms with van der Waals surface area (Å²) in [6, 6.07) is 12.4. The summed E-state index contributed by atoms with van der Waals surface area (Å²) in [4.78, 5) is 11.6. The van der Waals surface area contributed by atoms with Crippen LogP contribution in [-0.4, -0.2) is 50.3 Å². The average molecular weight is 539 g/mol. The number of halogens is 1. The Morgan fingerprint density at radius 3 is 2.61 bits per heavy atom. The molecule has 0 radical (unpaired) electrons. The first-order chi connectivity index (χ1) is 14.7. The van der Waals surface area contributed by atoms with Crippen LogP contribution < -0.4 is 25.0 Å². The van der Waals surface area contributed by atoms with Gasteiger partial charge in [0.1, 0.15) is 5.82 Å². The van der Waals surface area contributed by atoms with Gasteiger partial charge in [0.25, 0.3) is 0 Å². The molecule has 0 bridgehead atoms. The Kier molecular flexibility index (Phi) is 10.7. The van der Waals surface area contributed by atoms with Crippen molar-refractivity contribution in [1.29, 1.82) is 0 Å². The van der Waals surface area contributed by atoms with Crippen LogP contribution in [-0.2, 0) is 6.54 Å². The fourth-order valence-electron chi connectivity index (χ4n) is 3.57. The molecule has 0 unspecified atom stereocenters. The normalized spacial score (nSPS) is 14.5. The Labute approximate surface area is 202 Å². The van der Waals surface area contributed by atoms with Crippen molar-refractivity contribution < 1.29 is 9.47 Å². The quantitative estimate of drug-likeness (QED) is 0.302. The van der Waals surface area contributed by atoms with E-state index in [-0.39, 0.29) is 24.0 Å². The van der Waals surface area contributed by atoms with Crippen LogP contribution in [0.1, 0.15) is 32.3 Å². The number of rotatable bonds is 8. The maximum absolute atomic E-state index is 5.68. The smallest absolute Gasteiger partial charge is 0.191 e. The Bertz CT molecular complexity index is 811. The lowest BCUT2D eigenvalue weighted by atomic mass is 10.1. The molecule has 0 spiro atoms. The van der Waals surface area contributed by atoms with Crippen molar-refractivity contribution in [1.82, 2.24) is 15.6 Å². The zero-order valence-electron chi connectivity index (χ0n) is 18.6. The molecule has 170 valence electrons. The largest absolute Gasteiger partial charge is 0.493 e. The molecule has 1 aromatic heterocycles. The predicted octanol–water partition coefficient (Wildman–Crippen LogP) is 3.83. The van der Waals surface area contributed by atoms with Gasteiger partial charge in [0.2, 0.25) is 0 Å². The van der Waals surface area contributed by atoms with Gasteiger partial charge in [-0.1, -0.05) is 12.1 Å². The number of methoxy groups -OCH3 is 1. The summed E-state index contributed by atoms with van der Waals surface area (Å²) in [5.41, 5.74) is 1.08. The van der Waals surface area contributed by atoms with Crippen LogP contribution in [0.2, 0.25) is 0 Å².